The molecule has 1 heterocycles. The van der Waals surface area contributed by atoms with E-state index in [1.807, 2.05) is 12.1 Å². The molecule has 0 atom stereocenters. The van der Waals surface area contributed by atoms with E-state index in [1.165, 1.54) is 18.4 Å². The van der Waals surface area contributed by atoms with Crippen molar-refractivity contribution in [2.45, 2.75) is 39.5 Å². The van der Waals surface area contributed by atoms with E-state index in [0.29, 0.717) is 5.82 Å². The SMILES string of the molecule is CCCCCc1nc(-c2cccc(C)c2)no1. The molecule has 90 valence electrons. The Morgan fingerprint density at radius 1 is 1.24 bits per heavy atom. The van der Waals surface area contributed by atoms with Crippen LogP contribution in [0.25, 0.3) is 11.4 Å². The molecule has 3 nitrogen and oxygen atoms in total. The van der Waals surface area contributed by atoms with Gasteiger partial charge in [0.15, 0.2) is 0 Å². The standard InChI is InChI=1S/C14H18N2O/c1-3-4-5-9-13-15-14(16-17-13)12-8-6-7-11(2)10-12/h6-8,10H,3-5,9H2,1-2H3. The van der Waals surface area contributed by atoms with Crippen molar-refractivity contribution in [2.75, 3.05) is 0 Å². The van der Waals surface area contributed by atoms with Gasteiger partial charge in [0.1, 0.15) is 0 Å². The van der Waals surface area contributed by atoms with Crippen LogP contribution in [0.3, 0.4) is 0 Å². The zero-order valence-electron chi connectivity index (χ0n) is 10.4. The molecule has 0 radical (unpaired) electrons. The van der Waals surface area contributed by atoms with Crippen LogP contribution in [0, 0.1) is 6.92 Å². The number of rotatable bonds is 5. The predicted octanol–water partition coefficient (Wildman–Crippen LogP) is 3.78. The van der Waals surface area contributed by atoms with Crippen LogP contribution in [0.4, 0.5) is 0 Å². The first-order valence-electron chi connectivity index (χ1n) is 6.19. The summed E-state index contributed by atoms with van der Waals surface area (Å²) in [5.41, 5.74) is 2.23. The predicted molar refractivity (Wildman–Crippen MR) is 67.7 cm³/mol. The van der Waals surface area contributed by atoms with Gasteiger partial charge in [0, 0.05) is 12.0 Å². The molecule has 0 unspecified atom stereocenters. The minimum absolute atomic E-state index is 0.695. The van der Waals surface area contributed by atoms with Crippen molar-refractivity contribution in [3.05, 3.63) is 35.7 Å². The van der Waals surface area contributed by atoms with Crippen LogP contribution >= 0.6 is 0 Å². The normalized spacial score (nSPS) is 10.7. The highest BCUT2D eigenvalue weighted by Gasteiger charge is 2.07. The van der Waals surface area contributed by atoms with Gasteiger partial charge in [-0.05, 0) is 19.4 Å². The van der Waals surface area contributed by atoms with Crippen molar-refractivity contribution in [1.29, 1.82) is 0 Å². The van der Waals surface area contributed by atoms with E-state index < -0.39 is 0 Å². The number of hydrogen-bond acceptors (Lipinski definition) is 3. The number of benzene rings is 1. The summed E-state index contributed by atoms with van der Waals surface area (Å²) >= 11 is 0. The Hall–Kier alpha value is -1.64. The Balaban J connectivity index is 2.07. The monoisotopic (exact) mass is 230 g/mol. The van der Waals surface area contributed by atoms with Gasteiger partial charge >= 0.3 is 0 Å². The van der Waals surface area contributed by atoms with Gasteiger partial charge in [-0.3, -0.25) is 0 Å². The van der Waals surface area contributed by atoms with Crippen LogP contribution in [0.15, 0.2) is 28.8 Å². The molecular weight excluding hydrogens is 212 g/mol. The smallest absolute Gasteiger partial charge is 0.226 e. The van der Waals surface area contributed by atoms with E-state index >= 15 is 0 Å². The summed E-state index contributed by atoms with van der Waals surface area (Å²) in [5, 5.41) is 4.02. The van der Waals surface area contributed by atoms with Gasteiger partial charge in [0.25, 0.3) is 0 Å². The molecule has 2 aromatic rings. The maximum atomic E-state index is 5.24. The third-order valence-corrected chi connectivity index (χ3v) is 2.74. The molecule has 0 N–H and O–H groups in total. The molecule has 0 aliphatic carbocycles. The van der Waals surface area contributed by atoms with Gasteiger partial charge < -0.3 is 4.52 Å². The summed E-state index contributed by atoms with van der Waals surface area (Å²) in [5.74, 6) is 1.44. The molecule has 17 heavy (non-hydrogen) atoms. The van der Waals surface area contributed by atoms with Crippen LogP contribution in [0.5, 0.6) is 0 Å². The first-order chi connectivity index (χ1) is 8.29. The molecule has 0 aliphatic heterocycles. The van der Waals surface area contributed by atoms with Gasteiger partial charge in [0.05, 0.1) is 0 Å². The third-order valence-electron chi connectivity index (χ3n) is 2.74. The summed E-state index contributed by atoms with van der Waals surface area (Å²) in [7, 11) is 0. The van der Waals surface area contributed by atoms with Crippen LogP contribution in [-0.4, -0.2) is 10.1 Å². The molecule has 1 aromatic heterocycles. The number of aromatic nitrogens is 2. The summed E-state index contributed by atoms with van der Waals surface area (Å²) in [6, 6.07) is 8.15. The lowest BCUT2D eigenvalue weighted by Gasteiger charge is -1.95. The molecular formula is C14H18N2O. The fourth-order valence-corrected chi connectivity index (χ4v) is 1.78. The largest absolute Gasteiger partial charge is 0.339 e. The molecule has 3 heteroatoms. The minimum Gasteiger partial charge on any atom is -0.339 e. The van der Waals surface area contributed by atoms with Gasteiger partial charge in [-0.25, -0.2) is 0 Å². The topological polar surface area (TPSA) is 38.9 Å². The molecule has 0 saturated carbocycles. The average Bonchev–Trinajstić information content (AvgIpc) is 2.78. The summed E-state index contributed by atoms with van der Waals surface area (Å²) in [6.07, 6.45) is 4.42. The van der Waals surface area contributed by atoms with Crippen molar-refractivity contribution in [3.8, 4) is 11.4 Å². The minimum atomic E-state index is 0.695. The lowest BCUT2D eigenvalue weighted by atomic mass is 10.1. The van der Waals surface area contributed by atoms with Gasteiger partial charge in [-0.2, -0.15) is 4.98 Å². The zero-order valence-corrected chi connectivity index (χ0v) is 10.4. The van der Waals surface area contributed by atoms with Crippen LogP contribution in [-0.2, 0) is 6.42 Å². The quantitative estimate of drug-likeness (QED) is 0.734. The van der Waals surface area contributed by atoms with E-state index in [4.69, 9.17) is 4.52 Å². The van der Waals surface area contributed by atoms with E-state index in [1.54, 1.807) is 0 Å². The summed E-state index contributed by atoms with van der Waals surface area (Å²) < 4.78 is 5.24. The lowest BCUT2D eigenvalue weighted by Crippen LogP contribution is -1.86. The second-order valence-electron chi connectivity index (χ2n) is 4.34. The highest BCUT2D eigenvalue weighted by Crippen LogP contribution is 2.17. The highest BCUT2D eigenvalue weighted by molar-refractivity contribution is 5.55. The number of nitrogens with zero attached hydrogens (tertiary/aromatic N) is 2. The van der Waals surface area contributed by atoms with Crippen molar-refractivity contribution < 1.29 is 4.52 Å². The molecule has 2 rings (SSSR count). The Kier molecular flexibility index (Phi) is 3.91. The molecule has 0 saturated heterocycles. The Labute approximate surface area is 102 Å². The molecule has 0 amide bonds. The van der Waals surface area contributed by atoms with Gasteiger partial charge in [0.2, 0.25) is 11.7 Å². The van der Waals surface area contributed by atoms with E-state index in [9.17, 15) is 0 Å². The van der Waals surface area contributed by atoms with Gasteiger partial charge in [-0.1, -0.05) is 48.7 Å². The lowest BCUT2D eigenvalue weighted by molar-refractivity contribution is 0.374. The van der Waals surface area contributed by atoms with Crippen LogP contribution in [0.2, 0.25) is 0 Å². The Morgan fingerprint density at radius 3 is 2.88 bits per heavy atom. The first-order valence-corrected chi connectivity index (χ1v) is 6.19. The molecule has 0 aliphatic rings. The average molecular weight is 230 g/mol. The third kappa shape index (κ3) is 3.16. The molecule has 0 bridgehead atoms. The van der Waals surface area contributed by atoms with Crippen LogP contribution < -0.4 is 0 Å². The summed E-state index contributed by atoms with van der Waals surface area (Å²) in [4.78, 5) is 4.42. The van der Waals surface area contributed by atoms with E-state index in [2.05, 4.69) is 36.1 Å². The number of hydrogen-bond donors (Lipinski definition) is 0. The molecule has 1 aromatic carbocycles. The fourth-order valence-electron chi connectivity index (χ4n) is 1.78. The Bertz CT molecular complexity index is 477. The van der Waals surface area contributed by atoms with Crippen molar-refractivity contribution in [1.82, 2.24) is 10.1 Å². The molecule has 0 spiro atoms. The van der Waals surface area contributed by atoms with E-state index in [0.717, 1.165) is 24.3 Å². The van der Waals surface area contributed by atoms with Crippen molar-refractivity contribution in [3.63, 3.8) is 0 Å². The maximum Gasteiger partial charge on any atom is 0.226 e. The summed E-state index contributed by atoms with van der Waals surface area (Å²) in [6.45, 7) is 4.25. The highest BCUT2D eigenvalue weighted by atomic mass is 16.5. The second-order valence-corrected chi connectivity index (χ2v) is 4.34. The number of unbranched alkanes of at least 4 members (excludes halogenated alkanes) is 2. The van der Waals surface area contributed by atoms with Crippen LogP contribution in [0.1, 0.15) is 37.6 Å². The Morgan fingerprint density at radius 2 is 2.12 bits per heavy atom. The zero-order chi connectivity index (χ0) is 12.1. The molecule has 0 fully saturated rings. The number of aryl methyl sites for hydroxylation is 2. The van der Waals surface area contributed by atoms with Crippen molar-refractivity contribution in [2.24, 2.45) is 0 Å². The van der Waals surface area contributed by atoms with Gasteiger partial charge in [-0.15, -0.1) is 0 Å². The maximum absolute atomic E-state index is 5.24. The first kappa shape index (κ1) is 11.8. The second kappa shape index (κ2) is 5.62. The fraction of sp³-hybridized carbons (Fsp3) is 0.429. The van der Waals surface area contributed by atoms with Crippen molar-refractivity contribution >= 4 is 0 Å². The van der Waals surface area contributed by atoms with E-state index in [-0.39, 0.29) is 0 Å².